The van der Waals surface area contributed by atoms with E-state index in [-0.39, 0.29) is 36.2 Å². The van der Waals surface area contributed by atoms with Gasteiger partial charge in [0.25, 0.3) is 17.7 Å². The van der Waals surface area contributed by atoms with Gasteiger partial charge in [-0.15, -0.1) is 0 Å². The minimum Gasteiger partial charge on any atom is -0.454 e. The number of imide groups is 1. The molecule has 34 heavy (non-hydrogen) atoms. The topological polar surface area (TPSA) is 92.8 Å². The molecule has 0 unspecified atom stereocenters. The van der Waals surface area contributed by atoms with Crippen molar-refractivity contribution in [3.05, 3.63) is 58.9 Å². The first-order valence-corrected chi connectivity index (χ1v) is 12.2. The Kier molecular flexibility index (Phi) is 8.43. The van der Waals surface area contributed by atoms with Crippen molar-refractivity contribution in [3.63, 3.8) is 0 Å². The fraction of sp³-hybridized carbons (Fsp3) is 0.238. The van der Waals surface area contributed by atoms with Crippen LogP contribution >= 0.6 is 73.9 Å². The van der Waals surface area contributed by atoms with Crippen molar-refractivity contribution in [2.75, 3.05) is 11.9 Å². The molecule has 0 bridgehead atoms. The summed E-state index contributed by atoms with van der Waals surface area (Å²) in [6, 6.07) is 3.43. The number of halogens is 6. The van der Waals surface area contributed by atoms with E-state index in [2.05, 4.69) is 21.2 Å². The van der Waals surface area contributed by atoms with Crippen LogP contribution in [0.25, 0.3) is 0 Å². The van der Waals surface area contributed by atoms with Crippen LogP contribution in [-0.2, 0) is 14.3 Å². The zero-order valence-electron chi connectivity index (χ0n) is 17.4. The van der Waals surface area contributed by atoms with Crippen LogP contribution in [0.5, 0.6) is 0 Å². The van der Waals surface area contributed by atoms with E-state index in [0.717, 1.165) is 0 Å². The SMILES string of the molecule is CC(C)[C@@H](C(=O)OCC(=O)Nc1ccc(Br)cc1Cl)N1C(=O)c2c(Cl)c(Cl)c(Cl)c(Cl)c2C1=O. The summed E-state index contributed by atoms with van der Waals surface area (Å²) in [5, 5.41) is 1.88. The zero-order chi connectivity index (χ0) is 25.5. The van der Waals surface area contributed by atoms with Crippen molar-refractivity contribution >= 4 is 103 Å². The molecule has 1 atom stereocenters. The Morgan fingerprint density at radius 3 is 1.97 bits per heavy atom. The molecule has 1 aliphatic rings. The lowest BCUT2D eigenvalue weighted by molar-refractivity contribution is -0.152. The van der Waals surface area contributed by atoms with Gasteiger partial charge in [-0.2, -0.15) is 0 Å². The van der Waals surface area contributed by atoms with Gasteiger partial charge in [0.1, 0.15) is 6.04 Å². The van der Waals surface area contributed by atoms with Crippen LogP contribution in [0.3, 0.4) is 0 Å². The number of hydrogen-bond donors (Lipinski definition) is 1. The largest absolute Gasteiger partial charge is 0.454 e. The number of benzene rings is 2. The monoisotopic (exact) mass is 628 g/mol. The molecule has 0 aromatic heterocycles. The van der Waals surface area contributed by atoms with Crippen LogP contribution in [0, 0.1) is 5.92 Å². The number of nitrogens with one attached hydrogen (secondary N) is 1. The molecule has 0 aliphatic carbocycles. The van der Waals surface area contributed by atoms with Gasteiger partial charge in [-0.25, -0.2) is 4.79 Å². The molecule has 13 heteroatoms. The average molecular weight is 632 g/mol. The number of anilines is 1. The highest BCUT2D eigenvalue weighted by Crippen LogP contribution is 2.45. The lowest BCUT2D eigenvalue weighted by Crippen LogP contribution is -2.49. The second kappa shape index (κ2) is 10.6. The van der Waals surface area contributed by atoms with E-state index in [4.69, 9.17) is 62.7 Å². The first-order chi connectivity index (χ1) is 15.9. The van der Waals surface area contributed by atoms with E-state index in [1.807, 2.05) is 0 Å². The number of rotatable bonds is 6. The molecule has 1 heterocycles. The van der Waals surface area contributed by atoms with E-state index < -0.39 is 42.3 Å². The van der Waals surface area contributed by atoms with Crippen molar-refractivity contribution in [2.24, 2.45) is 5.92 Å². The Labute approximate surface area is 227 Å². The highest BCUT2D eigenvalue weighted by atomic mass is 79.9. The predicted octanol–water partition coefficient (Wildman–Crippen LogP) is 6.52. The Morgan fingerprint density at radius 2 is 1.50 bits per heavy atom. The lowest BCUT2D eigenvalue weighted by Gasteiger charge is -2.27. The molecule has 180 valence electrons. The average Bonchev–Trinajstić information content (AvgIpc) is 3.02. The first kappa shape index (κ1) is 27.0. The standard InChI is InChI=1S/C21H14BrCl5N2O5/c1-7(2)18(21(33)34-6-11(30)28-10-4-3-8(22)5-9(10)23)29-19(31)12-13(20(29)32)15(25)17(27)16(26)14(12)24/h3-5,7,18H,6H2,1-2H3,(H,28,30)/t18-/m0/s1. The summed E-state index contributed by atoms with van der Waals surface area (Å²) in [5.74, 6) is -4.00. The molecule has 2 aromatic rings. The summed E-state index contributed by atoms with van der Waals surface area (Å²) < 4.78 is 5.82. The Morgan fingerprint density at radius 1 is 0.971 bits per heavy atom. The minimum atomic E-state index is -1.37. The second-order valence-corrected chi connectivity index (χ2v) is 10.3. The minimum absolute atomic E-state index is 0.193. The smallest absolute Gasteiger partial charge is 0.330 e. The number of ether oxygens (including phenoxy) is 1. The van der Waals surface area contributed by atoms with E-state index >= 15 is 0 Å². The molecule has 0 saturated carbocycles. The molecule has 3 amide bonds. The van der Waals surface area contributed by atoms with Crippen LogP contribution < -0.4 is 5.32 Å². The van der Waals surface area contributed by atoms with Crippen molar-refractivity contribution in [3.8, 4) is 0 Å². The summed E-state index contributed by atoms with van der Waals surface area (Å²) in [5.41, 5.74) is -0.205. The van der Waals surface area contributed by atoms with Crippen LogP contribution in [0.1, 0.15) is 34.6 Å². The van der Waals surface area contributed by atoms with Crippen molar-refractivity contribution in [1.29, 1.82) is 0 Å². The highest BCUT2D eigenvalue weighted by Gasteiger charge is 2.48. The normalized spacial score (nSPS) is 13.9. The maximum Gasteiger partial charge on any atom is 0.330 e. The van der Waals surface area contributed by atoms with Gasteiger partial charge in [0.2, 0.25) is 0 Å². The van der Waals surface area contributed by atoms with Crippen molar-refractivity contribution < 1.29 is 23.9 Å². The molecule has 3 rings (SSSR count). The van der Waals surface area contributed by atoms with Crippen molar-refractivity contribution in [2.45, 2.75) is 19.9 Å². The van der Waals surface area contributed by atoms with Gasteiger partial charge in [-0.1, -0.05) is 87.8 Å². The Hall–Kier alpha value is -1.55. The summed E-state index contributed by atoms with van der Waals surface area (Å²) in [6.07, 6.45) is 0. The second-order valence-electron chi connectivity index (χ2n) is 7.46. The van der Waals surface area contributed by atoms with Gasteiger partial charge in [0, 0.05) is 4.47 Å². The predicted molar refractivity (Wildman–Crippen MR) is 134 cm³/mol. The van der Waals surface area contributed by atoms with Crippen LogP contribution in [-0.4, -0.2) is 41.2 Å². The van der Waals surface area contributed by atoms with E-state index in [0.29, 0.717) is 15.1 Å². The van der Waals surface area contributed by atoms with E-state index in [1.54, 1.807) is 32.0 Å². The molecule has 0 spiro atoms. The van der Waals surface area contributed by atoms with E-state index in [9.17, 15) is 19.2 Å². The van der Waals surface area contributed by atoms with Gasteiger partial charge < -0.3 is 10.1 Å². The number of nitrogens with zero attached hydrogens (tertiary/aromatic N) is 1. The van der Waals surface area contributed by atoms with Gasteiger partial charge in [-0.3, -0.25) is 19.3 Å². The molecule has 2 aromatic carbocycles. The summed E-state index contributed by atoms with van der Waals surface area (Å²) in [6.45, 7) is 2.51. The Bertz CT molecular complexity index is 1190. The number of esters is 1. The fourth-order valence-electron chi connectivity index (χ4n) is 3.29. The van der Waals surface area contributed by atoms with Gasteiger partial charge in [0.05, 0.1) is 41.9 Å². The third-order valence-corrected chi connectivity index (χ3v) is 7.44. The molecule has 0 saturated heterocycles. The van der Waals surface area contributed by atoms with Crippen LogP contribution in [0.2, 0.25) is 25.1 Å². The van der Waals surface area contributed by atoms with Gasteiger partial charge in [-0.05, 0) is 24.1 Å². The zero-order valence-corrected chi connectivity index (χ0v) is 22.7. The molecule has 0 fully saturated rings. The molecule has 0 radical (unpaired) electrons. The number of carbonyl (C=O) groups excluding carboxylic acids is 4. The molecule has 1 N–H and O–H groups in total. The number of fused-ring (bicyclic) bond motifs is 1. The summed E-state index contributed by atoms with van der Waals surface area (Å²) >= 11 is 33.7. The molecular formula is C21H14BrCl5N2O5. The van der Waals surface area contributed by atoms with Crippen LogP contribution in [0.4, 0.5) is 5.69 Å². The summed E-state index contributed by atoms with van der Waals surface area (Å²) in [4.78, 5) is 52.0. The Balaban J connectivity index is 1.81. The van der Waals surface area contributed by atoms with Gasteiger partial charge >= 0.3 is 5.97 Å². The third-order valence-electron chi connectivity index (χ3n) is 4.83. The quantitative estimate of drug-likeness (QED) is 0.170. The third kappa shape index (κ3) is 5.03. The van der Waals surface area contributed by atoms with E-state index in [1.165, 1.54) is 0 Å². The molecule has 7 nitrogen and oxygen atoms in total. The maximum atomic E-state index is 13.1. The number of amides is 3. The fourth-order valence-corrected chi connectivity index (χ4v) is 5.03. The van der Waals surface area contributed by atoms with Gasteiger partial charge in [0.15, 0.2) is 6.61 Å². The van der Waals surface area contributed by atoms with Crippen molar-refractivity contribution in [1.82, 2.24) is 4.90 Å². The maximum absolute atomic E-state index is 13.1. The molecule has 1 aliphatic heterocycles. The number of hydrogen-bond acceptors (Lipinski definition) is 5. The molecular weight excluding hydrogens is 617 g/mol. The van der Waals surface area contributed by atoms with Crippen LogP contribution in [0.15, 0.2) is 22.7 Å². The highest BCUT2D eigenvalue weighted by molar-refractivity contribution is 9.10. The lowest BCUT2D eigenvalue weighted by atomic mass is 10.0. The number of carbonyl (C=O) groups is 4. The summed E-state index contributed by atoms with van der Waals surface area (Å²) in [7, 11) is 0. The first-order valence-electron chi connectivity index (χ1n) is 9.52.